The van der Waals surface area contributed by atoms with E-state index in [1.54, 1.807) is 12.1 Å². The molecule has 1 atom stereocenters. The van der Waals surface area contributed by atoms with Gasteiger partial charge in [-0.1, -0.05) is 30.3 Å². The monoisotopic (exact) mass is 243 g/mol. The fraction of sp³-hybridized carbons (Fsp3) is 0.200. The predicted octanol–water partition coefficient (Wildman–Crippen LogP) is 2.90. The third kappa shape index (κ3) is 1.92. The van der Waals surface area contributed by atoms with Gasteiger partial charge >= 0.3 is 0 Å². The van der Waals surface area contributed by atoms with Crippen molar-refractivity contribution in [3.05, 3.63) is 70.5 Å². The van der Waals surface area contributed by atoms with Crippen molar-refractivity contribution in [3.63, 3.8) is 0 Å². The summed E-state index contributed by atoms with van der Waals surface area (Å²) in [6, 6.07) is 12.6. The minimum absolute atomic E-state index is 0.0903. The number of benzene rings is 2. The van der Waals surface area contributed by atoms with Gasteiger partial charge in [-0.2, -0.15) is 0 Å². The van der Waals surface area contributed by atoms with Gasteiger partial charge < -0.3 is 10.5 Å². The summed E-state index contributed by atoms with van der Waals surface area (Å²) in [5.41, 5.74) is 10.0. The first-order valence-electron chi connectivity index (χ1n) is 5.97. The molecule has 2 aromatic carbocycles. The molecule has 0 spiro atoms. The molecule has 0 aliphatic carbocycles. The fourth-order valence-electron chi connectivity index (χ4n) is 2.34. The average molecular weight is 243 g/mol. The van der Waals surface area contributed by atoms with Crippen LogP contribution in [-0.4, -0.2) is 0 Å². The highest BCUT2D eigenvalue weighted by Gasteiger charge is 2.24. The largest absolute Gasteiger partial charge is 0.364 e. The minimum Gasteiger partial charge on any atom is -0.364 e. The molecule has 18 heavy (non-hydrogen) atoms. The Balaban J connectivity index is 1.97. The lowest BCUT2D eigenvalue weighted by atomic mass is 9.98. The SMILES string of the molecule is NCc1ccc2c(c1)COC2c1ccc(F)cc1. The summed E-state index contributed by atoms with van der Waals surface area (Å²) >= 11 is 0. The van der Waals surface area contributed by atoms with Crippen molar-refractivity contribution in [2.24, 2.45) is 5.73 Å². The van der Waals surface area contributed by atoms with Crippen molar-refractivity contribution in [3.8, 4) is 0 Å². The maximum Gasteiger partial charge on any atom is 0.123 e. The van der Waals surface area contributed by atoms with Crippen LogP contribution in [0.4, 0.5) is 4.39 Å². The third-order valence-electron chi connectivity index (χ3n) is 3.30. The van der Waals surface area contributed by atoms with Crippen molar-refractivity contribution in [2.45, 2.75) is 19.3 Å². The number of hydrogen-bond acceptors (Lipinski definition) is 2. The molecule has 0 aromatic heterocycles. The van der Waals surface area contributed by atoms with Gasteiger partial charge in [0.25, 0.3) is 0 Å². The zero-order valence-corrected chi connectivity index (χ0v) is 9.90. The standard InChI is InChI=1S/C15H14FNO/c16-13-4-2-11(3-5-13)15-14-6-1-10(8-17)7-12(14)9-18-15/h1-7,15H,8-9,17H2. The van der Waals surface area contributed by atoms with Gasteiger partial charge in [-0.3, -0.25) is 0 Å². The molecule has 3 heteroatoms. The lowest BCUT2D eigenvalue weighted by Gasteiger charge is -2.11. The number of nitrogens with two attached hydrogens (primary N) is 1. The predicted molar refractivity (Wildman–Crippen MR) is 67.4 cm³/mol. The molecule has 2 N–H and O–H groups in total. The van der Waals surface area contributed by atoms with E-state index in [2.05, 4.69) is 12.1 Å². The number of hydrogen-bond donors (Lipinski definition) is 1. The third-order valence-corrected chi connectivity index (χ3v) is 3.30. The number of halogens is 1. The molecule has 0 saturated heterocycles. The van der Waals surface area contributed by atoms with Gasteiger partial charge in [0.2, 0.25) is 0 Å². The van der Waals surface area contributed by atoms with Crippen molar-refractivity contribution >= 4 is 0 Å². The molecule has 1 unspecified atom stereocenters. The van der Waals surface area contributed by atoms with Gasteiger partial charge in [-0.15, -0.1) is 0 Å². The average Bonchev–Trinajstić information content (AvgIpc) is 2.82. The van der Waals surface area contributed by atoms with E-state index in [9.17, 15) is 4.39 Å². The molecule has 3 rings (SSSR count). The lowest BCUT2D eigenvalue weighted by Crippen LogP contribution is -2.00. The molecule has 0 bridgehead atoms. The van der Waals surface area contributed by atoms with E-state index < -0.39 is 0 Å². The van der Waals surface area contributed by atoms with Crippen LogP contribution in [0.1, 0.15) is 28.4 Å². The zero-order chi connectivity index (χ0) is 12.5. The van der Waals surface area contributed by atoms with Crippen molar-refractivity contribution in [2.75, 3.05) is 0 Å². The Morgan fingerprint density at radius 2 is 1.94 bits per heavy atom. The first kappa shape index (κ1) is 11.4. The van der Waals surface area contributed by atoms with Crippen molar-refractivity contribution in [1.82, 2.24) is 0 Å². The van der Waals surface area contributed by atoms with Crippen molar-refractivity contribution in [1.29, 1.82) is 0 Å². The smallest absolute Gasteiger partial charge is 0.123 e. The van der Waals surface area contributed by atoms with Crippen LogP contribution in [0.2, 0.25) is 0 Å². The molecule has 1 aliphatic rings. The second kappa shape index (κ2) is 4.52. The molecule has 2 nitrogen and oxygen atoms in total. The summed E-state index contributed by atoms with van der Waals surface area (Å²) in [4.78, 5) is 0. The topological polar surface area (TPSA) is 35.2 Å². The van der Waals surface area contributed by atoms with Crippen LogP contribution in [0.3, 0.4) is 0 Å². The van der Waals surface area contributed by atoms with E-state index in [-0.39, 0.29) is 11.9 Å². The van der Waals surface area contributed by atoms with Gasteiger partial charge in [-0.05, 0) is 34.4 Å². The minimum atomic E-state index is -0.226. The van der Waals surface area contributed by atoms with E-state index in [1.165, 1.54) is 17.7 Å². The van der Waals surface area contributed by atoms with E-state index in [4.69, 9.17) is 10.5 Å². The highest BCUT2D eigenvalue weighted by atomic mass is 19.1. The second-order valence-electron chi connectivity index (χ2n) is 4.48. The number of fused-ring (bicyclic) bond motifs is 1. The first-order chi connectivity index (χ1) is 8.78. The highest BCUT2D eigenvalue weighted by Crippen LogP contribution is 2.36. The van der Waals surface area contributed by atoms with Gasteiger partial charge in [-0.25, -0.2) is 4.39 Å². The summed E-state index contributed by atoms with van der Waals surface area (Å²) in [5.74, 6) is -0.226. The van der Waals surface area contributed by atoms with Crippen LogP contribution < -0.4 is 5.73 Å². The lowest BCUT2D eigenvalue weighted by molar-refractivity contribution is 0.0939. The van der Waals surface area contributed by atoms with Crippen LogP contribution in [0.5, 0.6) is 0 Å². The maximum absolute atomic E-state index is 12.9. The van der Waals surface area contributed by atoms with Gasteiger partial charge in [0.05, 0.1) is 6.61 Å². The molecule has 92 valence electrons. The quantitative estimate of drug-likeness (QED) is 0.880. The fourth-order valence-corrected chi connectivity index (χ4v) is 2.34. The van der Waals surface area contributed by atoms with E-state index in [1.807, 2.05) is 6.07 Å². The van der Waals surface area contributed by atoms with Gasteiger partial charge in [0.15, 0.2) is 0 Å². The Morgan fingerprint density at radius 1 is 1.17 bits per heavy atom. The number of ether oxygens (including phenoxy) is 1. The molecular weight excluding hydrogens is 229 g/mol. The summed E-state index contributed by atoms with van der Waals surface area (Å²) in [7, 11) is 0. The van der Waals surface area contributed by atoms with Crippen LogP contribution in [0.15, 0.2) is 42.5 Å². The molecule has 2 aromatic rings. The molecule has 1 aliphatic heterocycles. The van der Waals surface area contributed by atoms with E-state index in [0.29, 0.717) is 13.2 Å². The highest BCUT2D eigenvalue weighted by molar-refractivity contribution is 5.40. The van der Waals surface area contributed by atoms with Crippen LogP contribution in [0, 0.1) is 5.82 Å². The Labute approximate surface area is 105 Å². The van der Waals surface area contributed by atoms with E-state index >= 15 is 0 Å². The Kier molecular flexibility index (Phi) is 2.86. The van der Waals surface area contributed by atoms with Crippen LogP contribution in [-0.2, 0) is 17.9 Å². The van der Waals surface area contributed by atoms with Gasteiger partial charge in [0.1, 0.15) is 11.9 Å². The van der Waals surface area contributed by atoms with Crippen molar-refractivity contribution < 1.29 is 9.13 Å². The zero-order valence-electron chi connectivity index (χ0n) is 9.90. The molecule has 0 fully saturated rings. The van der Waals surface area contributed by atoms with E-state index in [0.717, 1.165) is 16.7 Å². The Hall–Kier alpha value is -1.71. The summed E-state index contributed by atoms with van der Waals surface area (Å²) in [6.45, 7) is 1.12. The first-order valence-corrected chi connectivity index (χ1v) is 5.97. The summed E-state index contributed by atoms with van der Waals surface area (Å²) in [5, 5.41) is 0. The second-order valence-corrected chi connectivity index (χ2v) is 4.48. The molecule has 1 heterocycles. The van der Waals surface area contributed by atoms with Gasteiger partial charge in [0, 0.05) is 6.54 Å². The summed E-state index contributed by atoms with van der Waals surface area (Å²) < 4.78 is 18.7. The Bertz CT molecular complexity index is 565. The molecule has 0 amide bonds. The number of rotatable bonds is 2. The maximum atomic E-state index is 12.9. The van der Waals surface area contributed by atoms with Crippen LogP contribution >= 0.6 is 0 Å². The molecule has 0 radical (unpaired) electrons. The Morgan fingerprint density at radius 3 is 2.67 bits per heavy atom. The van der Waals surface area contributed by atoms with Crippen LogP contribution in [0.25, 0.3) is 0 Å². The summed E-state index contributed by atoms with van der Waals surface area (Å²) in [6.07, 6.45) is -0.0903. The normalized spacial score (nSPS) is 17.8. The molecule has 0 saturated carbocycles. The molecular formula is C15H14FNO.